The van der Waals surface area contributed by atoms with E-state index < -0.39 is 0 Å². The highest BCUT2D eigenvalue weighted by atomic mass is 16.5. The summed E-state index contributed by atoms with van der Waals surface area (Å²) >= 11 is 0. The van der Waals surface area contributed by atoms with Crippen LogP contribution in [0, 0.1) is 13.8 Å². The predicted octanol–water partition coefficient (Wildman–Crippen LogP) is 0.642. The molecule has 1 aromatic heterocycles. The lowest BCUT2D eigenvalue weighted by Gasteiger charge is -2.14. The molecule has 1 aliphatic heterocycles. The van der Waals surface area contributed by atoms with Crippen molar-refractivity contribution in [3.05, 3.63) is 17.0 Å². The first kappa shape index (κ1) is 9.21. The molecule has 5 nitrogen and oxygen atoms in total. The Hall–Kier alpha value is -1.36. The Morgan fingerprint density at radius 2 is 2.36 bits per heavy atom. The van der Waals surface area contributed by atoms with Crippen molar-refractivity contribution in [2.24, 2.45) is 0 Å². The largest absolute Gasteiger partial charge is 0.361 e. The van der Waals surface area contributed by atoms with Crippen LogP contribution in [0.2, 0.25) is 0 Å². The van der Waals surface area contributed by atoms with Gasteiger partial charge in [-0.25, -0.2) is 5.43 Å². The Morgan fingerprint density at radius 3 is 2.86 bits per heavy atom. The summed E-state index contributed by atoms with van der Waals surface area (Å²) in [6, 6.07) is 0. The molecule has 1 amide bonds. The second-order valence-electron chi connectivity index (χ2n) is 3.42. The second-order valence-corrected chi connectivity index (χ2v) is 3.42. The molecule has 1 aliphatic rings. The molecule has 14 heavy (non-hydrogen) atoms. The third-order valence-corrected chi connectivity index (χ3v) is 2.35. The average molecular weight is 195 g/mol. The zero-order valence-electron chi connectivity index (χ0n) is 8.33. The highest BCUT2D eigenvalue weighted by Gasteiger charge is 2.25. The van der Waals surface area contributed by atoms with E-state index >= 15 is 0 Å². The maximum absolute atomic E-state index is 11.9. The maximum atomic E-state index is 11.9. The third-order valence-electron chi connectivity index (χ3n) is 2.35. The van der Waals surface area contributed by atoms with Gasteiger partial charge in [0.25, 0.3) is 5.91 Å². The maximum Gasteiger partial charge on any atom is 0.273 e. The summed E-state index contributed by atoms with van der Waals surface area (Å²) < 4.78 is 4.95. The minimum atomic E-state index is -0.0428. The van der Waals surface area contributed by atoms with Crippen molar-refractivity contribution in [2.45, 2.75) is 20.3 Å². The first-order valence-electron chi connectivity index (χ1n) is 4.68. The normalized spacial score (nSPS) is 16.3. The molecule has 2 rings (SSSR count). The molecular weight excluding hydrogens is 182 g/mol. The van der Waals surface area contributed by atoms with Gasteiger partial charge in [-0.15, -0.1) is 0 Å². The van der Waals surface area contributed by atoms with E-state index in [9.17, 15) is 4.79 Å². The van der Waals surface area contributed by atoms with Crippen LogP contribution in [0.3, 0.4) is 0 Å². The molecule has 1 N–H and O–H groups in total. The zero-order valence-corrected chi connectivity index (χ0v) is 8.33. The van der Waals surface area contributed by atoms with E-state index in [4.69, 9.17) is 4.52 Å². The molecule has 0 atom stereocenters. The van der Waals surface area contributed by atoms with Gasteiger partial charge >= 0.3 is 0 Å². The Balaban J connectivity index is 2.25. The lowest BCUT2D eigenvalue weighted by Crippen LogP contribution is -2.37. The number of carbonyl (C=O) groups excluding carboxylic acids is 1. The molecular formula is C9H13N3O2. The topological polar surface area (TPSA) is 58.4 Å². The molecule has 0 unspecified atom stereocenters. The van der Waals surface area contributed by atoms with Crippen LogP contribution in [0.15, 0.2) is 4.52 Å². The summed E-state index contributed by atoms with van der Waals surface area (Å²) in [7, 11) is 0. The Bertz CT molecular complexity index is 333. The number of hydrazine groups is 1. The van der Waals surface area contributed by atoms with Gasteiger partial charge in [-0.3, -0.25) is 9.80 Å². The van der Waals surface area contributed by atoms with E-state index in [1.165, 1.54) is 0 Å². The van der Waals surface area contributed by atoms with Crippen LogP contribution in [0.4, 0.5) is 0 Å². The first-order valence-corrected chi connectivity index (χ1v) is 4.68. The SMILES string of the molecule is Cc1noc(C)c1C(=O)N1CCCN1. The smallest absolute Gasteiger partial charge is 0.273 e. The van der Waals surface area contributed by atoms with Crippen LogP contribution in [0.1, 0.15) is 28.2 Å². The summed E-state index contributed by atoms with van der Waals surface area (Å²) in [5.41, 5.74) is 4.25. The average Bonchev–Trinajstić information content (AvgIpc) is 2.75. The van der Waals surface area contributed by atoms with Crippen molar-refractivity contribution >= 4 is 5.91 Å². The van der Waals surface area contributed by atoms with Crippen LogP contribution in [-0.4, -0.2) is 29.2 Å². The van der Waals surface area contributed by atoms with E-state index in [1.807, 2.05) is 0 Å². The summed E-state index contributed by atoms with van der Waals surface area (Å²) in [6.45, 7) is 5.14. The first-order chi connectivity index (χ1) is 6.70. The van der Waals surface area contributed by atoms with Crippen molar-refractivity contribution in [3.8, 4) is 0 Å². The molecule has 0 aliphatic carbocycles. The van der Waals surface area contributed by atoms with Gasteiger partial charge in [0.15, 0.2) is 0 Å². The van der Waals surface area contributed by atoms with Gasteiger partial charge in [0.2, 0.25) is 0 Å². The van der Waals surface area contributed by atoms with Gasteiger partial charge in [0.1, 0.15) is 11.3 Å². The Labute approximate surface area is 82.0 Å². The number of hydrogen-bond donors (Lipinski definition) is 1. The van der Waals surface area contributed by atoms with Crippen LogP contribution in [-0.2, 0) is 0 Å². The van der Waals surface area contributed by atoms with Crippen LogP contribution >= 0.6 is 0 Å². The molecule has 2 heterocycles. The number of amides is 1. The van der Waals surface area contributed by atoms with E-state index in [-0.39, 0.29) is 5.91 Å². The van der Waals surface area contributed by atoms with Crippen molar-refractivity contribution in [3.63, 3.8) is 0 Å². The lowest BCUT2D eigenvalue weighted by molar-refractivity contribution is 0.0724. The summed E-state index contributed by atoms with van der Waals surface area (Å²) in [6.07, 6.45) is 0.995. The molecule has 1 aromatic rings. The predicted molar refractivity (Wildman–Crippen MR) is 49.6 cm³/mol. The lowest BCUT2D eigenvalue weighted by atomic mass is 10.2. The van der Waals surface area contributed by atoms with Crippen LogP contribution in [0.25, 0.3) is 0 Å². The molecule has 1 saturated heterocycles. The molecule has 0 saturated carbocycles. The fraction of sp³-hybridized carbons (Fsp3) is 0.556. The molecule has 0 spiro atoms. The number of nitrogens with zero attached hydrogens (tertiary/aromatic N) is 2. The Kier molecular flexibility index (Phi) is 2.25. The number of nitrogens with one attached hydrogen (secondary N) is 1. The minimum absolute atomic E-state index is 0.0428. The molecule has 0 bridgehead atoms. The molecule has 1 fully saturated rings. The number of aryl methyl sites for hydroxylation is 2. The molecule has 5 heteroatoms. The highest BCUT2D eigenvalue weighted by Crippen LogP contribution is 2.15. The molecule has 76 valence electrons. The van der Waals surface area contributed by atoms with Crippen molar-refractivity contribution in [2.75, 3.05) is 13.1 Å². The molecule has 0 aromatic carbocycles. The monoisotopic (exact) mass is 195 g/mol. The fourth-order valence-corrected chi connectivity index (χ4v) is 1.63. The quantitative estimate of drug-likeness (QED) is 0.714. The molecule has 0 radical (unpaired) electrons. The number of aromatic nitrogens is 1. The minimum Gasteiger partial charge on any atom is -0.361 e. The Morgan fingerprint density at radius 1 is 1.57 bits per heavy atom. The van der Waals surface area contributed by atoms with Gasteiger partial charge in [-0.1, -0.05) is 5.16 Å². The van der Waals surface area contributed by atoms with Gasteiger partial charge in [-0.2, -0.15) is 0 Å². The third kappa shape index (κ3) is 1.39. The van der Waals surface area contributed by atoms with E-state index in [2.05, 4.69) is 10.6 Å². The van der Waals surface area contributed by atoms with E-state index in [1.54, 1.807) is 18.9 Å². The van der Waals surface area contributed by atoms with Gasteiger partial charge < -0.3 is 4.52 Å². The zero-order chi connectivity index (χ0) is 10.1. The van der Waals surface area contributed by atoms with Crippen LogP contribution < -0.4 is 5.43 Å². The van der Waals surface area contributed by atoms with Crippen molar-refractivity contribution in [1.82, 2.24) is 15.6 Å². The van der Waals surface area contributed by atoms with Gasteiger partial charge in [0.05, 0.1) is 5.69 Å². The summed E-state index contributed by atoms with van der Waals surface area (Å²) in [4.78, 5) is 11.9. The second kappa shape index (κ2) is 3.42. The fourth-order valence-electron chi connectivity index (χ4n) is 1.63. The summed E-state index contributed by atoms with van der Waals surface area (Å²) in [5.74, 6) is 0.542. The van der Waals surface area contributed by atoms with Gasteiger partial charge in [0, 0.05) is 13.1 Å². The van der Waals surface area contributed by atoms with Crippen molar-refractivity contribution in [1.29, 1.82) is 0 Å². The van der Waals surface area contributed by atoms with Crippen LogP contribution in [0.5, 0.6) is 0 Å². The van der Waals surface area contributed by atoms with E-state index in [0.717, 1.165) is 19.5 Å². The number of rotatable bonds is 1. The van der Waals surface area contributed by atoms with Gasteiger partial charge in [-0.05, 0) is 20.3 Å². The standard InChI is InChI=1S/C9H13N3O2/c1-6-8(7(2)14-11-6)9(13)12-5-3-4-10-12/h10H,3-5H2,1-2H3. The van der Waals surface area contributed by atoms with E-state index in [0.29, 0.717) is 17.0 Å². The number of carbonyl (C=O) groups is 1. The van der Waals surface area contributed by atoms with Crippen molar-refractivity contribution < 1.29 is 9.32 Å². The number of hydrogen-bond acceptors (Lipinski definition) is 4. The highest BCUT2D eigenvalue weighted by molar-refractivity contribution is 5.95. The summed E-state index contributed by atoms with van der Waals surface area (Å²) in [5, 5.41) is 5.38.